The van der Waals surface area contributed by atoms with Crippen LogP contribution in [0.2, 0.25) is 0 Å². The summed E-state index contributed by atoms with van der Waals surface area (Å²) in [5, 5.41) is 9.22. The van der Waals surface area contributed by atoms with Crippen LogP contribution in [0.15, 0.2) is 42.5 Å². The van der Waals surface area contributed by atoms with Gasteiger partial charge >= 0.3 is 0 Å². The standard InChI is InChI=1S/C14H15FN2O/c1-17(13-2-4-14(18)5-3-13)9-10-6-11(15)8-12(16)7-10/h2-8,18H,9,16H2,1H3. The van der Waals surface area contributed by atoms with E-state index in [0.29, 0.717) is 12.2 Å². The fraction of sp³-hybridized carbons (Fsp3) is 0.143. The predicted octanol–water partition coefficient (Wildman–Crippen LogP) is 2.75. The molecule has 0 aliphatic heterocycles. The zero-order chi connectivity index (χ0) is 13.1. The van der Waals surface area contributed by atoms with E-state index >= 15 is 0 Å². The third-order valence-corrected chi connectivity index (χ3v) is 2.69. The van der Waals surface area contributed by atoms with E-state index in [4.69, 9.17) is 5.73 Å². The number of halogens is 1. The summed E-state index contributed by atoms with van der Waals surface area (Å²) < 4.78 is 13.2. The van der Waals surface area contributed by atoms with Crippen LogP contribution in [-0.2, 0) is 6.54 Å². The predicted molar refractivity (Wildman–Crippen MR) is 71.0 cm³/mol. The van der Waals surface area contributed by atoms with Crippen LogP contribution in [0, 0.1) is 5.82 Å². The number of phenols is 1. The molecule has 0 bridgehead atoms. The van der Waals surface area contributed by atoms with Gasteiger partial charge in [-0.2, -0.15) is 0 Å². The number of nitrogen functional groups attached to an aromatic ring is 1. The summed E-state index contributed by atoms with van der Waals surface area (Å²) in [5.41, 5.74) is 7.77. The molecule has 0 radical (unpaired) electrons. The largest absolute Gasteiger partial charge is 0.508 e. The van der Waals surface area contributed by atoms with Crippen molar-refractivity contribution in [3.8, 4) is 5.75 Å². The van der Waals surface area contributed by atoms with Crippen LogP contribution >= 0.6 is 0 Å². The van der Waals surface area contributed by atoms with Gasteiger partial charge in [0.05, 0.1) is 0 Å². The molecule has 0 spiro atoms. The Labute approximate surface area is 105 Å². The van der Waals surface area contributed by atoms with E-state index in [1.54, 1.807) is 30.3 Å². The van der Waals surface area contributed by atoms with Crippen molar-refractivity contribution in [3.05, 3.63) is 53.8 Å². The van der Waals surface area contributed by atoms with Gasteiger partial charge in [-0.05, 0) is 48.0 Å². The molecule has 0 saturated carbocycles. The third kappa shape index (κ3) is 2.91. The van der Waals surface area contributed by atoms with Crippen LogP contribution < -0.4 is 10.6 Å². The zero-order valence-electron chi connectivity index (χ0n) is 10.1. The van der Waals surface area contributed by atoms with Crippen molar-refractivity contribution < 1.29 is 9.50 Å². The van der Waals surface area contributed by atoms with Crippen molar-refractivity contribution in [2.45, 2.75) is 6.54 Å². The van der Waals surface area contributed by atoms with E-state index in [1.165, 1.54) is 12.1 Å². The molecule has 0 amide bonds. The fourth-order valence-electron chi connectivity index (χ4n) is 1.84. The van der Waals surface area contributed by atoms with Gasteiger partial charge in [0, 0.05) is 25.0 Å². The third-order valence-electron chi connectivity index (χ3n) is 2.69. The van der Waals surface area contributed by atoms with Gasteiger partial charge < -0.3 is 15.7 Å². The fourth-order valence-corrected chi connectivity index (χ4v) is 1.84. The van der Waals surface area contributed by atoms with E-state index in [9.17, 15) is 9.50 Å². The lowest BCUT2D eigenvalue weighted by atomic mass is 10.1. The second-order valence-corrected chi connectivity index (χ2v) is 4.27. The lowest BCUT2D eigenvalue weighted by Gasteiger charge is -2.19. The van der Waals surface area contributed by atoms with Crippen LogP contribution in [0.5, 0.6) is 5.75 Å². The van der Waals surface area contributed by atoms with Crippen LogP contribution in [0.25, 0.3) is 0 Å². The summed E-state index contributed by atoms with van der Waals surface area (Å²) in [5.74, 6) is -0.105. The molecule has 94 valence electrons. The minimum absolute atomic E-state index is 0.224. The smallest absolute Gasteiger partial charge is 0.125 e. The van der Waals surface area contributed by atoms with E-state index < -0.39 is 0 Å². The number of anilines is 2. The lowest BCUT2D eigenvalue weighted by molar-refractivity contribution is 0.475. The van der Waals surface area contributed by atoms with Crippen molar-refractivity contribution in [1.82, 2.24) is 0 Å². The van der Waals surface area contributed by atoms with Crippen molar-refractivity contribution >= 4 is 11.4 Å². The molecular weight excluding hydrogens is 231 g/mol. The summed E-state index contributed by atoms with van der Waals surface area (Å²) >= 11 is 0. The Bertz CT molecular complexity index is 520. The normalized spacial score (nSPS) is 10.3. The first-order chi connectivity index (χ1) is 8.54. The van der Waals surface area contributed by atoms with Crippen LogP contribution in [0.3, 0.4) is 0 Å². The number of benzene rings is 2. The Morgan fingerprint density at radius 3 is 2.44 bits per heavy atom. The van der Waals surface area contributed by atoms with E-state index in [-0.39, 0.29) is 11.6 Å². The second kappa shape index (κ2) is 4.96. The molecule has 3 nitrogen and oxygen atoms in total. The van der Waals surface area contributed by atoms with Crippen molar-refractivity contribution in [3.63, 3.8) is 0 Å². The van der Waals surface area contributed by atoms with Gasteiger partial charge in [0.15, 0.2) is 0 Å². The highest BCUT2D eigenvalue weighted by atomic mass is 19.1. The highest BCUT2D eigenvalue weighted by molar-refractivity contribution is 5.49. The van der Waals surface area contributed by atoms with Gasteiger partial charge in [-0.3, -0.25) is 0 Å². The van der Waals surface area contributed by atoms with E-state index in [2.05, 4.69) is 0 Å². The molecule has 0 atom stereocenters. The monoisotopic (exact) mass is 246 g/mol. The Morgan fingerprint density at radius 2 is 1.83 bits per heavy atom. The molecule has 0 aliphatic carbocycles. The number of aromatic hydroxyl groups is 1. The van der Waals surface area contributed by atoms with E-state index in [1.807, 2.05) is 11.9 Å². The number of hydrogen-bond acceptors (Lipinski definition) is 3. The van der Waals surface area contributed by atoms with Gasteiger partial charge in [0.25, 0.3) is 0 Å². The number of phenolic OH excluding ortho intramolecular Hbond substituents is 1. The lowest BCUT2D eigenvalue weighted by Crippen LogP contribution is -2.16. The molecule has 0 heterocycles. The Hall–Kier alpha value is -2.23. The molecule has 18 heavy (non-hydrogen) atoms. The van der Waals surface area contributed by atoms with Gasteiger partial charge in [-0.25, -0.2) is 4.39 Å². The number of hydrogen-bond donors (Lipinski definition) is 2. The van der Waals surface area contributed by atoms with Crippen LogP contribution in [-0.4, -0.2) is 12.2 Å². The Morgan fingerprint density at radius 1 is 1.17 bits per heavy atom. The summed E-state index contributed by atoms with van der Waals surface area (Å²) in [4.78, 5) is 1.95. The quantitative estimate of drug-likeness (QED) is 0.819. The molecule has 0 aliphatic rings. The molecule has 2 aromatic carbocycles. The van der Waals surface area contributed by atoms with Crippen LogP contribution in [0.1, 0.15) is 5.56 Å². The maximum Gasteiger partial charge on any atom is 0.125 e. The minimum atomic E-state index is -0.330. The second-order valence-electron chi connectivity index (χ2n) is 4.27. The Balaban J connectivity index is 2.15. The van der Waals surface area contributed by atoms with Crippen LogP contribution in [0.4, 0.5) is 15.8 Å². The minimum Gasteiger partial charge on any atom is -0.508 e. The van der Waals surface area contributed by atoms with Gasteiger partial charge in [-0.15, -0.1) is 0 Å². The Kier molecular flexibility index (Phi) is 3.37. The number of nitrogens with zero attached hydrogens (tertiary/aromatic N) is 1. The summed E-state index contributed by atoms with van der Waals surface area (Å²) in [7, 11) is 1.90. The molecule has 2 rings (SSSR count). The molecule has 0 unspecified atom stereocenters. The topological polar surface area (TPSA) is 49.5 Å². The maximum absolute atomic E-state index is 13.2. The van der Waals surface area contributed by atoms with Gasteiger partial charge in [0.1, 0.15) is 11.6 Å². The molecule has 0 aromatic heterocycles. The molecule has 3 N–H and O–H groups in total. The summed E-state index contributed by atoms with van der Waals surface area (Å²) in [6.45, 7) is 0.548. The first-order valence-corrected chi connectivity index (χ1v) is 5.60. The average Bonchev–Trinajstić information content (AvgIpc) is 2.28. The first-order valence-electron chi connectivity index (χ1n) is 5.60. The molecule has 0 fully saturated rings. The average molecular weight is 246 g/mol. The van der Waals surface area contributed by atoms with E-state index in [0.717, 1.165) is 11.3 Å². The summed E-state index contributed by atoms with van der Waals surface area (Å²) in [6.07, 6.45) is 0. The first kappa shape index (κ1) is 12.2. The van der Waals surface area contributed by atoms with Crippen molar-refractivity contribution in [2.75, 3.05) is 17.7 Å². The maximum atomic E-state index is 13.2. The highest BCUT2D eigenvalue weighted by Gasteiger charge is 2.04. The van der Waals surface area contributed by atoms with Gasteiger partial charge in [0.2, 0.25) is 0 Å². The molecular formula is C14H15FN2O. The van der Waals surface area contributed by atoms with Crippen molar-refractivity contribution in [1.29, 1.82) is 0 Å². The van der Waals surface area contributed by atoms with Gasteiger partial charge in [-0.1, -0.05) is 0 Å². The molecule has 4 heteroatoms. The summed E-state index contributed by atoms with van der Waals surface area (Å²) in [6, 6.07) is 11.4. The molecule has 0 saturated heterocycles. The zero-order valence-corrected chi connectivity index (χ0v) is 10.1. The highest BCUT2D eigenvalue weighted by Crippen LogP contribution is 2.20. The molecule has 2 aromatic rings. The van der Waals surface area contributed by atoms with Crippen molar-refractivity contribution in [2.24, 2.45) is 0 Å². The number of nitrogens with two attached hydrogens (primary N) is 1. The number of rotatable bonds is 3. The SMILES string of the molecule is CN(Cc1cc(N)cc(F)c1)c1ccc(O)cc1.